The third-order valence-electron chi connectivity index (χ3n) is 18.5. The minimum Gasteiger partial charge on any atom is -0.320 e. The Labute approximate surface area is 544 Å². The van der Waals surface area contributed by atoms with Gasteiger partial charge in [-0.05, 0) is 137 Å². The third kappa shape index (κ3) is 11.4. The van der Waals surface area contributed by atoms with Gasteiger partial charge < -0.3 is 13.7 Å². The Hall–Kier alpha value is -10.8. The molecule has 0 saturated heterocycles. The second kappa shape index (κ2) is 25.2. The van der Waals surface area contributed by atoms with Crippen LogP contribution in [0.3, 0.4) is 0 Å². The SMILES string of the molecule is CC(C)c1ccc(N2C=[N+]3C(c4cccc5ccccc45)=CC=C[C-]3C2c2ccccc2-c2ccccc2)cc1.Cc1cc(C)c(N2C=[N+]3C(c4cccc5ccccc45)=CC=C[C-]3C2)c(C)c1.Cc1cc(C)c(N2C=[N+]3C(c4ccccc4)=CC=C[C-]3C2)c(C)c1. The maximum absolute atomic E-state index is 2.44. The van der Waals surface area contributed by atoms with E-state index in [9.17, 15) is 0 Å². The van der Waals surface area contributed by atoms with Crippen LogP contribution in [0.5, 0.6) is 0 Å². The minimum atomic E-state index is 0.0243. The summed E-state index contributed by atoms with van der Waals surface area (Å²) in [5, 5.41) is 5.09. The summed E-state index contributed by atoms with van der Waals surface area (Å²) < 4.78 is 7.05. The molecular formula is C86H78N6. The molecule has 0 aliphatic carbocycles. The highest BCUT2D eigenvalue weighted by molar-refractivity contribution is 5.96. The van der Waals surface area contributed by atoms with Crippen molar-refractivity contribution in [3.8, 4) is 11.1 Å². The zero-order valence-electron chi connectivity index (χ0n) is 54.0. The second-order valence-corrected chi connectivity index (χ2v) is 25.3. The van der Waals surface area contributed by atoms with E-state index in [-0.39, 0.29) is 6.04 Å². The fraction of sp³-hybridized carbons (Fsp3) is 0.140. The van der Waals surface area contributed by atoms with E-state index in [1.54, 1.807) is 0 Å². The van der Waals surface area contributed by atoms with Gasteiger partial charge in [0.25, 0.3) is 0 Å². The van der Waals surface area contributed by atoms with Crippen LogP contribution in [0.15, 0.2) is 273 Å². The van der Waals surface area contributed by atoms with E-state index in [1.807, 2.05) is 0 Å². The third-order valence-corrected chi connectivity index (χ3v) is 18.5. The Balaban J connectivity index is 0.000000125. The van der Waals surface area contributed by atoms with Crippen LogP contribution in [0.1, 0.15) is 87.0 Å². The van der Waals surface area contributed by atoms with Crippen LogP contribution in [-0.4, -0.2) is 45.8 Å². The molecule has 6 heteroatoms. The van der Waals surface area contributed by atoms with Gasteiger partial charge >= 0.3 is 0 Å². The highest BCUT2D eigenvalue weighted by atomic mass is 15.3. The Morgan fingerprint density at radius 2 is 0.837 bits per heavy atom. The fourth-order valence-corrected chi connectivity index (χ4v) is 14.5. The van der Waals surface area contributed by atoms with Gasteiger partial charge in [0.1, 0.15) is 36.2 Å². The molecule has 0 bridgehead atoms. The molecule has 0 N–H and O–H groups in total. The first-order chi connectivity index (χ1) is 44.9. The second-order valence-electron chi connectivity index (χ2n) is 25.3. The normalized spacial score (nSPS) is 16.1. The topological polar surface area (TPSA) is 18.8 Å². The lowest BCUT2D eigenvalue weighted by atomic mass is 9.89. The molecule has 0 aromatic heterocycles. The van der Waals surface area contributed by atoms with E-state index in [2.05, 4.69) is 376 Å². The molecule has 0 spiro atoms. The van der Waals surface area contributed by atoms with Crippen molar-refractivity contribution >= 4 is 74.7 Å². The quantitative estimate of drug-likeness (QED) is 0.106. The van der Waals surface area contributed by atoms with Gasteiger partial charge in [-0.2, -0.15) is 0 Å². The van der Waals surface area contributed by atoms with Crippen LogP contribution in [0.25, 0.3) is 49.8 Å². The largest absolute Gasteiger partial charge is 0.320 e. The first kappa shape index (κ1) is 58.8. The summed E-state index contributed by atoms with van der Waals surface area (Å²) in [5.74, 6) is 0.496. The predicted molar refractivity (Wildman–Crippen MR) is 388 cm³/mol. The number of hydrogen-bond donors (Lipinski definition) is 0. The number of allylic oxidation sites excluding steroid dienone is 6. The number of aryl methyl sites for hydroxylation is 6. The summed E-state index contributed by atoms with van der Waals surface area (Å²) in [5.41, 5.74) is 24.3. The molecular weight excluding hydrogens is 1120 g/mol. The van der Waals surface area contributed by atoms with Crippen molar-refractivity contribution < 1.29 is 13.7 Å². The number of fused-ring (bicyclic) bond motifs is 5. The van der Waals surface area contributed by atoms with Gasteiger partial charge in [-0.1, -0.05) is 268 Å². The van der Waals surface area contributed by atoms with Crippen molar-refractivity contribution in [2.24, 2.45) is 0 Å². The van der Waals surface area contributed by atoms with Crippen LogP contribution in [0.4, 0.5) is 17.1 Å². The lowest BCUT2D eigenvalue weighted by Crippen LogP contribution is -2.26. The first-order valence-corrected chi connectivity index (χ1v) is 32.3. The van der Waals surface area contributed by atoms with Crippen molar-refractivity contribution in [1.82, 2.24) is 0 Å². The number of hydrogen-bond acceptors (Lipinski definition) is 3. The molecule has 92 heavy (non-hydrogen) atoms. The smallest absolute Gasteiger partial charge is 0.171 e. The zero-order valence-corrected chi connectivity index (χ0v) is 54.0. The fourth-order valence-electron chi connectivity index (χ4n) is 14.5. The van der Waals surface area contributed by atoms with Gasteiger partial charge in [0.2, 0.25) is 0 Å². The van der Waals surface area contributed by atoms with Crippen LogP contribution >= 0.6 is 0 Å². The maximum Gasteiger partial charge on any atom is 0.171 e. The van der Waals surface area contributed by atoms with E-state index in [0.717, 1.165) is 13.1 Å². The molecule has 1 unspecified atom stereocenters. The first-order valence-electron chi connectivity index (χ1n) is 32.3. The average Bonchev–Trinajstić information content (AvgIpc) is 1.58. The summed E-state index contributed by atoms with van der Waals surface area (Å²) in [7, 11) is 0. The van der Waals surface area contributed by atoms with Crippen molar-refractivity contribution in [1.29, 1.82) is 0 Å². The van der Waals surface area contributed by atoms with E-state index in [4.69, 9.17) is 0 Å². The molecule has 0 saturated carbocycles. The molecule has 6 nitrogen and oxygen atoms in total. The summed E-state index contributed by atoms with van der Waals surface area (Å²) in [4.78, 5) is 7.19. The summed E-state index contributed by atoms with van der Waals surface area (Å²) in [6.45, 7) is 19.5. The predicted octanol–water partition coefficient (Wildman–Crippen LogP) is 19.8. The Morgan fingerprint density at radius 1 is 0.402 bits per heavy atom. The van der Waals surface area contributed by atoms with E-state index >= 15 is 0 Å². The molecule has 6 aliphatic rings. The average molecular weight is 1200 g/mol. The highest BCUT2D eigenvalue weighted by Gasteiger charge is 2.41. The molecule has 0 amide bonds. The lowest BCUT2D eigenvalue weighted by Gasteiger charge is -2.30. The van der Waals surface area contributed by atoms with Gasteiger partial charge in [-0.15, -0.1) is 18.2 Å². The Kier molecular flexibility index (Phi) is 16.1. The molecule has 16 rings (SSSR count). The van der Waals surface area contributed by atoms with E-state index in [1.165, 1.54) is 146 Å². The van der Waals surface area contributed by atoms with Crippen LogP contribution in [-0.2, 0) is 0 Å². The lowest BCUT2D eigenvalue weighted by molar-refractivity contribution is -0.399. The maximum atomic E-state index is 2.44. The van der Waals surface area contributed by atoms with E-state index in [0.29, 0.717) is 5.92 Å². The molecule has 10 aromatic rings. The molecule has 0 radical (unpaired) electrons. The zero-order chi connectivity index (χ0) is 63.0. The Morgan fingerprint density at radius 3 is 1.38 bits per heavy atom. The summed E-state index contributed by atoms with van der Waals surface area (Å²) >= 11 is 0. The van der Waals surface area contributed by atoms with Crippen molar-refractivity contribution in [2.45, 2.75) is 67.3 Å². The highest BCUT2D eigenvalue weighted by Crippen LogP contribution is 2.47. The molecule has 1 atom stereocenters. The molecule has 6 heterocycles. The summed E-state index contributed by atoms with van der Waals surface area (Å²) in [6, 6.07) is 82.7. The van der Waals surface area contributed by atoms with Crippen LogP contribution in [0.2, 0.25) is 0 Å². The molecule has 6 aliphatic heterocycles. The number of rotatable bonds is 9. The molecule has 452 valence electrons. The Bertz CT molecular complexity index is 4700. The standard InChI is InChI=1S/C38H32N2.C26H24N2.C22H22N2/c1-27(2)28-22-24-31(25-23-28)39-26-40-36(34-19-10-15-30-14-6-7-16-32(30)34)20-11-21-37(40)38(39)35-18-9-8-17-33(35)29-12-4-3-5-13-29;1-18-14-19(2)26(20(3)15-18)27-16-22-10-7-13-25(28(22)17-27)24-12-6-9-21-8-4-5-11-23(21)24;1-16-12-17(2)22(18(3)13-16)23-14-20-10-7-11-21(24(20)15-23)19-8-5-4-6-9-19/h3-27,38H,1-2H3;4-15,17H,16H2,1-3H3;4-13,15H,14H2,1-3H3. The van der Waals surface area contributed by atoms with Gasteiger partial charge in [0.05, 0.1) is 29.5 Å². The van der Waals surface area contributed by atoms with Crippen molar-refractivity contribution in [3.05, 3.63) is 352 Å². The monoisotopic (exact) mass is 1190 g/mol. The number of nitrogens with zero attached hydrogens (tertiary/aromatic N) is 6. The van der Waals surface area contributed by atoms with Gasteiger partial charge in [0.15, 0.2) is 19.0 Å². The summed E-state index contributed by atoms with van der Waals surface area (Å²) in [6.07, 6.45) is 26.7. The van der Waals surface area contributed by atoms with E-state index < -0.39 is 0 Å². The van der Waals surface area contributed by atoms with Crippen LogP contribution < -0.4 is 14.7 Å². The molecule has 10 aromatic carbocycles. The van der Waals surface area contributed by atoms with Crippen molar-refractivity contribution in [3.63, 3.8) is 0 Å². The number of benzene rings is 10. The number of anilines is 3. The van der Waals surface area contributed by atoms with Gasteiger partial charge in [-0.3, -0.25) is 14.7 Å². The van der Waals surface area contributed by atoms with Gasteiger partial charge in [0, 0.05) is 11.3 Å². The van der Waals surface area contributed by atoms with Gasteiger partial charge in [-0.25, -0.2) is 0 Å². The minimum absolute atomic E-state index is 0.0243. The molecule has 0 fully saturated rings. The van der Waals surface area contributed by atoms with Crippen molar-refractivity contribution in [2.75, 3.05) is 27.8 Å². The van der Waals surface area contributed by atoms with Crippen LogP contribution in [0, 0.1) is 59.7 Å².